The van der Waals surface area contributed by atoms with Crippen LogP contribution in [0.25, 0.3) is 0 Å². The van der Waals surface area contributed by atoms with Crippen molar-refractivity contribution in [3.8, 4) is 0 Å². The van der Waals surface area contributed by atoms with Gasteiger partial charge >= 0.3 is 0 Å². The van der Waals surface area contributed by atoms with Crippen LogP contribution in [0.4, 0.5) is 5.69 Å². The Balaban J connectivity index is 0.00000243. The van der Waals surface area contributed by atoms with Gasteiger partial charge in [-0.2, -0.15) is 0 Å². The molecular weight excluding hydrogens is 344 g/mol. The predicted octanol–water partition coefficient (Wildman–Crippen LogP) is 4.37. The third kappa shape index (κ3) is 4.87. The third-order valence-corrected chi connectivity index (χ3v) is 5.36. The van der Waals surface area contributed by atoms with Crippen molar-refractivity contribution in [1.82, 2.24) is 4.90 Å². The minimum Gasteiger partial charge on any atom is -0.372 e. The number of benzene rings is 2. The molecule has 2 aromatic rings. The monoisotopic (exact) mass is 372 g/mol. The van der Waals surface area contributed by atoms with E-state index in [-0.39, 0.29) is 18.2 Å². The Morgan fingerprint density at radius 2 is 1.81 bits per heavy atom. The van der Waals surface area contributed by atoms with Crippen molar-refractivity contribution in [1.29, 1.82) is 0 Å². The fourth-order valence-electron chi connectivity index (χ4n) is 3.65. The molecule has 0 saturated carbocycles. The molecule has 1 heterocycles. The Kier molecular flexibility index (Phi) is 7.24. The molecule has 0 spiro atoms. The number of anilines is 1. The minimum absolute atomic E-state index is 0. The number of carbonyl (C=O) groups is 1. The Labute approximate surface area is 163 Å². The number of likely N-dealkylation sites (tertiary alicyclic amines) is 1. The molecule has 0 bridgehead atoms. The summed E-state index contributed by atoms with van der Waals surface area (Å²) >= 11 is 0. The second kappa shape index (κ2) is 9.20. The molecule has 3 rings (SSSR count). The van der Waals surface area contributed by atoms with E-state index in [9.17, 15) is 4.79 Å². The maximum absolute atomic E-state index is 12.6. The van der Waals surface area contributed by atoms with Crippen LogP contribution in [0, 0.1) is 6.92 Å². The van der Waals surface area contributed by atoms with E-state index < -0.39 is 0 Å². The van der Waals surface area contributed by atoms with E-state index in [4.69, 9.17) is 0 Å². The highest BCUT2D eigenvalue weighted by atomic mass is 35.5. The fourth-order valence-corrected chi connectivity index (χ4v) is 3.65. The maximum atomic E-state index is 12.6. The largest absolute Gasteiger partial charge is 0.372 e. The van der Waals surface area contributed by atoms with Crippen LogP contribution in [0.3, 0.4) is 0 Å². The fraction of sp³-hybridized carbons (Fsp3) is 0.409. The van der Waals surface area contributed by atoms with E-state index in [1.165, 1.54) is 18.5 Å². The summed E-state index contributed by atoms with van der Waals surface area (Å²) < 4.78 is 0. The van der Waals surface area contributed by atoms with Gasteiger partial charge in [-0.3, -0.25) is 4.79 Å². The first-order valence-corrected chi connectivity index (χ1v) is 9.14. The van der Waals surface area contributed by atoms with Crippen molar-refractivity contribution in [2.24, 2.45) is 0 Å². The normalized spacial score (nSPS) is 15.3. The molecule has 1 fully saturated rings. The number of piperidine rings is 1. The zero-order valence-corrected chi connectivity index (χ0v) is 16.8. The molecule has 3 nitrogen and oxygen atoms in total. The van der Waals surface area contributed by atoms with Gasteiger partial charge < -0.3 is 9.80 Å². The second-order valence-electron chi connectivity index (χ2n) is 7.23. The van der Waals surface area contributed by atoms with Gasteiger partial charge in [-0.15, -0.1) is 12.4 Å². The molecular formula is C22H29ClN2O. The number of rotatable bonds is 5. The third-order valence-electron chi connectivity index (χ3n) is 5.36. The van der Waals surface area contributed by atoms with Gasteiger partial charge in [-0.25, -0.2) is 0 Å². The lowest BCUT2D eigenvalue weighted by atomic mass is 9.98. The van der Waals surface area contributed by atoms with E-state index in [2.05, 4.69) is 48.2 Å². The number of hydrogen-bond acceptors (Lipinski definition) is 3. The van der Waals surface area contributed by atoms with Crippen LogP contribution in [0.15, 0.2) is 48.5 Å². The van der Waals surface area contributed by atoms with E-state index in [1.54, 1.807) is 0 Å². The summed E-state index contributed by atoms with van der Waals surface area (Å²) in [4.78, 5) is 17.4. The SMILES string of the molecule is Cc1ccccc1C(=O)Cc1cccc(N(C)C2CCN(C)CC2)c1.Cl. The van der Waals surface area contributed by atoms with Gasteiger partial charge in [0.15, 0.2) is 5.78 Å². The topological polar surface area (TPSA) is 23.6 Å². The zero-order valence-electron chi connectivity index (χ0n) is 15.9. The number of hydrogen-bond donors (Lipinski definition) is 0. The first-order chi connectivity index (χ1) is 12.0. The molecule has 26 heavy (non-hydrogen) atoms. The quantitative estimate of drug-likeness (QED) is 0.728. The Bertz CT molecular complexity index is 738. The summed E-state index contributed by atoms with van der Waals surface area (Å²) in [6, 6.07) is 16.9. The summed E-state index contributed by atoms with van der Waals surface area (Å²) in [5.74, 6) is 0.192. The van der Waals surface area contributed by atoms with Crippen molar-refractivity contribution in [2.75, 3.05) is 32.1 Å². The average Bonchev–Trinajstić information content (AvgIpc) is 2.62. The zero-order chi connectivity index (χ0) is 17.8. The van der Waals surface area contributed by atoms with Crippen molar-refractivity contribution in [2.45, 2.75) is 32.2 Å². The number of aryl methyl sites for hydroxylation is 1. The lowest BCUT2D eigenvalue weighted by molar-refractivity contribution is 0.0992. The van der Waals surface area contributed by atoms with Gasteiger partial charge in [0.25, 0.3) is 0 Å². The van der Waals surface area contributed by atoms with Crippen LogP contribution in [0.1, 0.15) is 34.3 Å². The summed E-state index contributed by atoms with van der Waals surface area (Å²) in [5, 5.41) is 0. The van der Waals surface area contributed by atoms with Crippen LogP contribution < -0.4 is 4.90 Å². The Morgan fingerprint density at radius 3 is 2.50 bits per heavy atom. The minimum atomic E-state index is 0. The van der Waals surface area contributed by atoms with E-state index in [0.717, 1.165) is 29.8 Å². The molecule has 4 heteroatoms. The highest BCUT2D eigenvalue weighted by molar-refractivity contribution is 5.98. The van der Waals surface area contributed by atoms with Crippen molar-refractivity contribution in [3.63, 3.8) is 0 Å². The number of carbonyl (C=O) groups excluding carboxylic acids is 1. The van der Waals surface area contributed by atoms with Crippen molar-refractivity contribution >= 4 is 23.9 Å². The number of Topliss-reactive ketones (excluding diaryl/α,β-unsaturated/α-hetero) is 1. The van der Waals surface area contributed by atoms with Crippen LogP contribution >= 0.6 is 12.4 Å². The number of halogens is 1. The van der Waals surface area contributed by atoms with Crippen LogP contribution in [-0.2, 0) is 6.42 Å². The highest BCUT2D eigenvalue weighted by Gasteiger charge is 2.21. The smallest absolute Gasteiger partial charge is 0.167 e. The highest BCUT2D eigenvalue weighted by Crippen LogP contribution is 2.23. The molecule has 2 aromatic carbocycles. The van der Waals surface area contributed by atoms with E-state index in [0.29, 0.717) is 12.5 Å². The van der Waals surface area contributed by atoms with Crippen molar-refractivity contribution in [3.05, 3.63) is 65.2 Å². The second-order valence-corrected chi connectivity index (χ2v) is 7.23. The van der Waals surface area contributed by atoms with E-state index in [1.807, 2.05) is 31.2 Å². The van der Waals surface area contributed by atoms with Crippen LogP contribution in [-0.4, -0.2) is 43.9 Å². The van der Waals surface area contributed by atoms with Crippen LogP contribution in [0.2, 0.25) is 0 Å². The number of ketones is 1. The molecule has 140 valence electrons. The van der Waals surface area contributed by atoms with Gasteiger partial charge in [0, 0.05) is 30.8 Å². The van der Waals surface area contributed by atoms with Crippen LogP contribution in [0.5, 0.6) is 0 Å². The summed E-state index contributed by atoms with van der Waals surface area (Å²) in [6.45, 7) is 4.30. The lowest BCUT2D eigenvalue weighted by Gasteiger charge is -2.36. The molecule has 0 aromatic heterocycles. The Morgan fingerprint density at radius 1 is 1.12 bits per heavy atom. The molecule has 0 atom stereocenters. The molecule has 0 aliphatic carbocycles. The molecule has 0 N–H and O–H groups in total. The summed E-state index contributed by atoms with van der Waals surface area (Å²) in [7, 11) is 4.37. The molecule has 0 unspecified atom stereocenters. The molecule has 0 radical (unpaired) electrons. The molecule has 0 amide bonds. The Hall–Kier alpha value is -1.84. The van der Waals surface area contributed by atoms with Crippen molar-refractivity contribution < 1.29 is 4.79 Å². The van der Waals surface area contributed by atoms with Gasteiger partial charge in [-0.05, 0) is 63.2 Å². The summed E-state index contributed by atoms with van der Waals surface area (Å²) in [5.41, 5.74) is 4.18. The van der Waals surface area contributed by atoms with Gasteiger partial charge in [0.1, 0.15) is 0 Å². The summed E-state index contributed by atoms with van der Waals surface area (Å²) in [6.07, 6.45) is 2.85. The molecule has 1 aliphatic rings. The standard InChI is InChI=1S/C22H28N2O.ClH/c1-17-7-4-5-10-21(17)22(25)16-18-8-6-9-20(15-18)24(3)19-11-13-23(2)14-12-19;/h4-10,15,19H,11-14,16H2,1-3H3;1H. The maximum Gasteiger partial charge on any atom is 0.167 e. The van der Waals surface area contributed by atoms with Gasteiger partial charge in [0.2, 0.25) is 0 Å². The lowest BCUT2D eigenvalue weighted by Crippen LogP contribution is -2.42. The average molecular weight is 373 g/mol. The number of nitrogens with zero attached hydrogens (tertiary/aromatic N) is 2. The first kappa shape index (κ1) is 20.5. The predicted molar refractivity (Wildman–Crippen MR) is 112 cm³/mol. The molecule has 1 saturated heterocycles. The van der Waals surface area contributed by atoms with Gasteiger partial charge in [0.05, 0.1) is 0 Å². The van der Waals surface area contributed by atoms with E-state index >= 15 is 0 Å². The molecule has 1 aliphatic heterocycles. The van der Waals surface area contributed by atoms with Gasteiger partial charge in [-0.1, -0.05) is 36.4 Å². The first-order valence-electron chi connectivity index (χ1n) is 9.14.